The number of anilines is 3. The van der Waals surface area contributed by atoms with Crippen LogP contribution in [0.3, 0.4) is 0 Å². The molecule has 346 valence electrons. The fourth-order valence-corrected chi connectivity index (χ4v) is 11.5. The van der Waals surface area contributed by atoms with Crippen molar-refractivity contribution < 1.29 is 0 Å². The van der Waals surface area contributed by atoms with Crippen LogP contribution >= 0.6 is 0 Å². The second kappa shape index (κ2) is 18.1. The van der Waals surface area contributed by atoms with E-state index < -0.39 is 0 Å². The zero-order valence-electron chi connectivity index (χ0n) is 40.6. The van der Waals surface area contributed by atoms with Gasteiger partial charge < -0.3 is 9.47 Å². The number of nitrogens with zero attached hydrogens (tertiary/aromatic N) is 2. The maximum absolute atomic E-state index is 2.39. The first-order valence-electron chi connectivity index (χ1n) is 25.5. The van der Waals surface area contributed by atoms with E-state index in [0.717, 1.165) is 33.9 Å². The van der Waals surface area contributed by atoms with E-state index in [1.54, 1.807) is 0 Å². The van der Waals surface area contributed by atoms with Crippen molar-refractivity contribution in [1.82, 2.24) is 4.57 Å². The molecular formula is C72H48N2. The Labute approximate surface area is 430 Å². The topological polar surface area (TPSA) is 8.17 Å². The quantitative estimate of drug-likeness (QED) is 0.131. The number of benzene rings is 13. The molecule has 0 radical (unpaired) electrons. The van der Waals surface area contributed by atoms with Gasteiger partial charge in [0.05, 0.1) is 11.0 Å². The zero-order valence-corrected chi connectivity index (χ0v) is 40.6. The number of rotatable bonds is 9. The Morgan fingerprint density at radius 3 is 1.50 bits per heavy atom. The molecule has 2 nitrogen and oxygen atoms in total. The normalized spacial score (nSPS) is 11.5. The summed E-state index contributed by atoms with van der Waals surface area (Å²) >= 11 is 0. The second-order valence-electron chi connectivity index (χ2n) is 19.2. The van der Waals surface area contributed by atoms with Crippen molar-refractivity contribution in [2.75, 3.05) is 4.90 Å². The van der Waals surface area contributed by atoms with Crippen LogP contribution in [0.4, 0.5) is 17.1 Å². The molecule has 0 saturated heterocycles. The fraction of sp³-hybridized carbons (Fsp3) is 0. The van der Waals surface area contributed by atoms with Gasteiger partial charge in [0.15, 0.2) is 0 Å². The van der Waals surface area contributed by atoms with Gasteiger partial charge in [0.2, 0.25) is 0 Å². The number of fused-ring (bicyclic) bond motifs is 7. The Morgan fingerprint density at radius 1 is 0.230 bits per heavy atom. The van der Waals surface area contributed by atoms with Crippen LogP contribution in [-0.2, 0) is 0 Å². The molecule has 14 aromatic rings. The zero-order chi connectivity index (χ0) is 49.0. The maximum atomic E-state index is 2.39. The minimum atomic E-state index is 1.08. The van der Waals surface area contributed by atoms with Crippen molar-refractivity contribution >= 4 is 71.2 Å². The summed E-state index contributed by atoms with van der Waals surface area (Å²) in [5, 5.41) is 10.1. The molecule has 0 aliphatic heterocycles. The Balaban J connectivity index is 0.854. The third kappa shape index (κ3) is 7.52. The van der Waals surface area contributed by atoms with Gasteiger partial charge in [-0.15, -0.1) is 0 Å². The van der Waals surface area contributed by atoms with Crippen molar-refractivity contribution in [3.8, 4) is 61.3 Å². The van der Waals surface area contributed by atoms with Crippen molar-refractivity contribution in [3.05, 3.63) is 291 Å². The first-order chi connectivity index (χ1) is 36.7. The highest BCUT2D eigenvalue weighted by molar-refractivity contribution is 6.16. The van der Waals surface area contributed by atoms with E-state index in [2.05, 4.69) is 301 Å². The molecule has 13 aromatic carbocycles. The lowest BCUT2D eigenvalue weighted by Crippen LogP contribution is -2.10. The van der Waals surface area contributed by atoms with Crippen LogP contribution in [0.5, 0.6) is 0 Å². The van der Waals surface area contributed by atoms with Gasteiger partial charge in [-0.25, -0.2) is 0 Å². The van der Waals surface area contributed by atoms with E-state index in [9.17, 15) is 0 Å². The van der Waals surface area contributed by atoms with Crippen LogP contribution in [-0.4, -0.2) is 4.57 Å². The summed E-state index contributed by atoms with van der Waals surface area (Å²) < 4.78 is 2.39. The first-order valence-corrected chi connectivity index (χ1v) is 25.5. The van der Waals surface area contributed by atoms with E-state index in [4.69, 9.17) is 0 Å². The monoisotopic (exact) mass is 940 g/mol. The summed E-state index contributed by atoms with van der Waals surface area (Å²) in [6.07, 6.45) is 0. The molecular weight excluding hydrogens is 893 g/mol. The van der Waals surface area contributed by atoms with Gasteiger partial charge in [-0.05, 0) is 161 Å². The van der Waals surface area contributed by atoms with E-state index in [1.807, 2.05) is 0 Å². The summed E-state index contributed by atoms with van der Waals surface area (Å²) in [6, 6.07) is 106. The molecule has 0 atom stereocenters. The van der Waals surface area contributed by atoms with Crippen LogP contribution in [0, 0.1) is 0 Å². The van der Waals surface area contributed by atoms with E-state index in [1.165, 1.54) is 98.6 Å². The highest BCUT2D eigenvalue weighted by atomic mass is 15.1. The molecule has 0 aliphatic carbocycles. The molecule has 1 heterocycles. The lowest BCUT2D eigenvalue weighted by atomic mass is 9.93. The molecule has 0 spiro atoms. The Morgan fingerprint density at radius 2 is 0.730 bits per heavy atom. The lowest BCUT2D eigenvalue weighted by molar-refractivity contribution is 1.18. The summed E-state index contributed by atoms with van der Waals surface area (Å²) in [5.74, 6) is 0. The van der Waals surface area contributed by atoms with E-state index >= 15 is 0 Å². The van der Waals surface area contributed by atoms with Crippen molar-refractivity contribution in [3.63, 3.8) is 0 Å². The van der Waals surface area contributed by atoms with Crippen LogP contribution in [0.15, 0.2) is 291 Å². The van der Waals surface area contributed by atoms with Gasteiger partial charge in [-0.1, -0.05) is 218 Å². The van der Waals surface area contributed by atoms with Gasteiger partial charge in [0, 0.05) is 33.5 Å². The number of para-hydroxylation sites is 2. The van der Waals surface area contributed by atoms with Gasteiger partial charge in [0.1, 0.15) is 0 Å². The highest BCUT2D eigenvalue weighted by Gasteiger charge is 2.19. The van der Waals surface area contributed by atoms with Gasteiger partial charge in [0.25, 0.3) is 0 Å². The predicted octanol–water partition coefficient (Wildman–Crippen LogP) is 20.0. The Hall–Kier alpha value is -9.76. The molecule has 0 fully saturated rings. The Bertz CT molecular complexity index is 4390. The van der Waals surface area contributed by atoms with Gasteiger partial charge in [-0.2, -0.15) is 0 Å². The van der Waals surface area contributed by atoms with Gasteiger partial charge >= 0.3 is 0 Å². The maximum Gasteiger partial charge on any atom is 0.0547 e. The van der Waals surface area contributed by atoms with Crippen molar-refractivity contribution in [2.24, 2.45) is 0 Å². The first kappa shape index (κ1) is 43.1. The summed E-state index contributed by atoms with van der Waals surface area (Å²) in [4.78, 5) is 2.39. The van der Waals surface area contributed by atoms with Crippen molar-refractivity contribution in [1.29, 1.82) is 0 Å². The molecule has 0 saturated carbocycles. The highest BCUT2D eigenvalue weighted by Crippen LogP contribution is 2.43. The average Bonchev–Trinajstić information content (AvgIpc) is 3.82. The van der Waals surface area contributed by atoms with Crippen LogP contribution in [0.1, 0.15) is 0 Å². The summed E-state index contributed by atoms with van der Waals surface area (Å²) in [7, 11) is 0. The second-order valence-corrected chi connectivity index (χ2v) is 19.2. The molecule has 0 N–H and O–H groups in total. The average molecular weight is 941 g/mol. The van der Waals surface area contributed by atoms with Crippen LogP contribution < -0.4 is 4.90 Å². The van der Waals surface area contributed by atoms with E-state index in [0.29, 0.717) is 0 Å². The molecule has 0 unspecified atom stereocenters. The smallest absolute Gasteiger partial charge is 0.0547 e. The molecule has 0 aliphatic rings. The number of aromatic nitrogens is 1. The van der Waals surface area contributed by atoms with Gasteiger partial charge in [-0.3, -0.25) is 0 Å². The number of hydrogen-bond acceptors (Lipinski definition) is 1. The fourth-order valence-electron chi connectivity index (χ4n) is 11.5. The number of hydrogen-bond donors (Lipinski definition) is 0. The largest absolute Gasteiger partial charge is 0.310 e. The molecule has 0 bridgehead atoms. The minimum absolute atomic E-state index is 1.08. The molecule has 74 heavy (non-hydrogen) atoms. The standard InChI is InChI=1S/C72H48N2/c1-2-22-58(23-3-1)74-70-32-11-10-29-68(70)72-65(31-15-33-71(72)74)56-21-12-19-54(46-56)55-20-13-24-61(47-55)73(60-44-40-53(41-45-60)69-48-57-17-5-7-26-64(57)66-27-8-9-28-67(66)69)59-42-38-50(39-43-59)49-34-36-52(37-35-49)63-30-14-18-51-16-4-6-25-62(51)63/h1-48H. The van der Waals surface area contributed by atoms with Crippen LogP contribution in [0.2, 0.25) is 0 Å². The Kier molecular flexibility index (Phi) is 10.6. The van der Waals surface area contributed by atoms with Crippen molar-refractivity contribution in [2.45, 2.75) is 0 Å². The molecule has 2 heteroatoms. The molecule has 1 aromatic heterocycles. The molecule has 0 amide bonds. The third-order valence-electron chi connectivity index (χ3n) is 15.0. The van der Waals surface area contributed by atoms with E-state index in [-0.39, 0.29) is 0 Å². The molecule has 14 rings (SSSR count). The lowest BCUT2D eigenvalue weighted by Gasteiger charge is -2.26. The summed E-state index contributed by atoms with van der Waals surface area (Å²) in [5.41, 5.74) is 18.7. The third-order valence-corrected chi connectivity index (χ3v) is 15.0. The van der Waals surface area contributed by atoms with Crippen LogP contribution in [0.25, 0.3) is 115 Å². The SMILES string of the molecule is c1ccc(-n2c3ccccc3c3c(-c4cccc(-c5cccc(N(c6ccc(-c7ccc(-c8cccc9ccccc89)cc7)cc6)c6ccc(-c7cc8ccccc8c8ccccc78)cc6)c5)c4)cccc32)cc1. The summed E-state index contributed by atoms with van der Waals surface area (Å²) in [6.45, 7) is 0. The predicted molar refractivity (Wildman–Crippen MR) is 315 cm³/mol. The minimum Gasteiger partial charge on any atom is -0.310 e.